The van der Waals surface area contributed by atoms with Crippen molar-refractivity contribution in [3.8, 4) is 11.5 Å². The summed E-state index contributed by atoms with van der Waals surface area (Å²) in [6.07, 6.45) is -2.51. The number of hydrazine groups is 1. The molecular weight excluding hydrogens is 583 g/mol. The van der Waals surface area contributed by atoms with Gasteiger partial charge in [-0.25, -0.2) is 4.79 Å². The number of nitrogens with one attached hydrogen (secondary N) is 4. The molecule has 0 saturated heterocycles. The predicted octanol–water partition coefficient (Wildman–Crippen LogP) is 4.84. The normalized spacial score (nSPS) is 11.0. The third-order valence-corrected chi connectivity index (χ3v) is 5.40. The second-order valence-electron chi connectivity index (χ2n) is 8.60. The summed E-state index contributed by atoms with van der Waals surface area (Å²) in [7, 11) is 0. The number of carboxylic acids is 1. The summed E-state index contributed by atoms with van der Waals surface area (Å²) in [6.45, 7) is 7.81. The minimum atomic E-state index is -4.64. The fourth-order valence-electron chi connectivity index (χ4n) is 3.43. The summed E-state index contributed by atoms with van der Waals surface area (Å²) in [5.41, 5.74) is 12.7. The highest BCUT2D eigenvalue weighted by molar-refractivity contribution is 5.96. The number of para-hydroxylation sites is 1. The lowest BCUT2D eigenvalue weighted by molar-refractivity contribution is -0.156. The molecule has 0 radical (unpaired) electrons. The van der Waals surface area contributed by atoms with Crippen molar-refractivity contribution in [1.29, 1.82) is 5.41 Å². The van der Waals surface area contributed by atoms with Gasteiger partial charge in [-0.05, 0) is 54.1 Å². The quantitative estimate of drug-likeness (QED) is 0.0488. The number of nitrogens with two attached hydrogens (primary N) is 1. The maximum absolute atomic E-state index is 13.4. The Bertz CT molecular complexity index is 1480. The molecule has 0 heterocycles. The van der Waals surface area contributed by atoms with Gasteiger partial charge in [0.1, 0.15) is 25.1 Å². The largest absolute Gasteiger partial charge is 0.486 e. The number of benzene rings is 3. The SMILES string of the molecule is C=CCOc1ccc(C(Nc2ccc(C(=N)N)cc2)C(=O)NNc2ccccc2C(=O)O)cc1OCC=C.O=CC(F)(F)F. The van der Waals surface area contributed by atoms with Crippen molar-refractivity contribution in [1.82, 2.24) is 5.43 Å². The number of hydrogen-bond donors (Lipinski definition) is 6. The van der Waals surface area contributed by atoms with Gasteiger partial charge in [0.05, 0.1) is 11.3 Å². The second-order valence-corrected chi connectivity index (χ2v) is 8.60. The van der Waals surface area contributed by atoms with E-state index in [1.54, 1.807) is 72.8 Å². The Hall–Kier alpha value is -5.79. The average molecular weight is 614 g/mol. The van der Waals surface area contributed by atoms with E-state index in [-0.39, 0.29) is 30.3 Å². The molecule has 0 aromatic heterocycles. The number of nitrogen functional groups attached to an aromatic ring is 1. The van der Waals surface area contributed by atoms with Crippen LogP contribution in [0, 0.1) is 5.41 Å². The Labute approximate surface area is 250 Å². The molecule has 1 unspecified atom stereocenters. The molecule has 0 bridgehead atoms. The van der Waals surface area contributed by atoms with E-state index in [1.807, 2.05) is 0 Å². The van der Waals surface area contributed by atoms with Gasteiger partial charge in [0.15, 0.2) is 11.5 Å². The van der Waals surface area contributed by atoms with Crippen LogP contribution in [0.25, 0.3) is 0 Å². The van der Waals surface area contributed by atoms with Crippen LogP contribution >= 0.6 is 0 Å². The summed E-state index contributed by atoms with van der Waals surface area (Å²) in [4.78, 5) is 33.7. The summed E-state index contributed by atoms with van der Waals surface area (Å²) < 4.78 is 42.7. The average Bonchev–Trinajstić information content (AvgIpc) is 3.00. The van der Waals surface area contributed by atoms with Crippen LogP contribution in [-0.4, -0.2) is 48.5 Å². The van der Waals surface area contributed by atoms with Gasteiger partial charge in [-0.2, -0.15) is 13.2 Å². The minimum absolute atomic E-state index is 0.000891. The number of halogens is 3. The highest BCUT2D eigenvalue weighted by Crippen LogP contribution is 2.32. The van der Waals surface area contributed by atoms with Gasteiger partial charge >= 0.3 is 12.1 Å². The maximum atomic E-state index is 13.4. The first-order chi connectivity index (χ1) is 20.9. The number of rotatable bonds is 14. The van der Waals surface area contributed by atoms with Crippen molar-refractivity contribution >= 4 is 35.4 Å². The first kappa shape index (κ1) is 34.4. The Morgan fingerprint density at radius 3 is 2.11 bits per heavy atom. The molecule has 3 aromatic rings. The topological polar surface area (TPSA) is 176 Å². The van der Waals surface area contributed by atoms with E-state index in [0.29, 0.717) is 28.3 Å². The zero-order valence-electron chi connectivity index (χ0n) is 23.2. The number of amidine groups is 1. The number of hydrogen-bond acceptors (Lipinski definition) is 8. The van der Waals surface area contributed by atoms with Crippen LogP contribution < -0.4 is 31.4 Å². The van der Waals surface area contributed by atoms with Crippen molar-refractivity contribution < 1.29 is 42.1 Å². The van der Waals surface area contributed by atoms with Crippen LogP contribution in [0.15, 0.2) is 92.0 Å². The lowest BCUT2D eigenvalue weighted by atomic mass is 10.0. The van der Waals surface area contributed by atoms with E-state index < -0.39 is 30.4 Å². The molecule has 0 aliphatic heterocycles. The molecule has 1 atom stereocenters. The zero-order valence-corrected chi connectivity index (χ0v) is 23.2. The van der Waals surface area contributed by atoms with Crippen molar-refractivity contribution in [3.63, 3.8) is 0 Å². The van der Waals surface area contributed by atoms with Gasteiger partial charge in [-0.1, -0.05) is 43.5 Å². The van der Waals surface area contributed by atoms with Crippen LogP contribution in [0.1, 0.15) is 27.5 Å². The number of aldehydes is 1. The number of carbonyl (C=O) groups excluding carboxylic acids is 2. The first-order valence-electron chi connectivity index (χ1n) is 12.6. The molecule has 3 rings (SSSR count). The Morgan fingerprint density at radius 1 is 0.977 bits per heavy atom. The molecule has 0 aliphatic rings. The van der Waals surface area contributed by atoms with Crippen molar-refractivity contribution in [2.45, 2.75) is 12.2 Å². The van der Waals surface area contributed by atoms with E-state index >= 15 is 0 Å². The van der Waals surface area contributed by atoms with Gasteiger partial charge in [0.2, 0.25) is 6.29 Å². The molecule has 7 N–H and O–H groups in total. The van der Waals surface area contributed by atoms with Gasteiger partial charge in [0.25, 0.3) is 5.91 Å². The molecule has 0 fully saturated rings. The van der Waals surface area contributed by atoms with E-state index in [0.717, 1.165) is 0 Å². The highest BCUT2D eigenvalue weighted by Gasteiger charge is 2.25. The summed E-state index contributed by atoms with van der Waals surface area (Å²) in [5, 5.41) is 20.2. The third kappa shape index (κ3) is 10.9. The maximum Gasteiger partial charge on any atom is 0.446 e. The monoisotopic (exact) mass is 613 g/mol. The zero-order chi connectivity index (χ0) is 32.7. The summed E-state index contributed by atoms with van der Waals surface area (Å²) >= 11 is 0. The van der Waals surface area contributed by atoms with Gasteiger partial charge in [-0.15, -0.1) is 0 Å². The number of carbonyl (C=O) groups is 3. The van der Waals surface area contributed by atoms with Gasteiger partial charge in [0, 0.05) is 11.3 Å². The van der Waals surface area contributed by atoms with Crippen LogP contribution in [0.3, 0.4) is 0 Å². The Morgan fingerprint density at radius 2 is 1.57 bits per heavy atom. The molecule has 3 aromatic carbocycles. The molecule has 0 spiro atoms. The number of amides is 1. The standard InChI is InChI=1S/C28H29N5O5.C2HF3O/c1-3-15-37-23-14-11-19(17-24(23)38-16-4-2)25(31-20-12-9-18(10-13-20)26(29)30)27(34)33-32-22-8-6-5-7-21(22)28(35)36;3-2(4,5)1-6/h3-14,17,25,31-32H,1-2,15-16H2,(H3,29,30)(H,33,34)(H,35,36);1H. The smallest absolute Gasteiger partial charge is 0.446 e. The highest BCUT2D eigenvalue weighted by atomic mass is 19.4. The van der Waals surface area contributed by atoms with E-state index in [4.69, 9.17) is 25.4 Å². The van der Waals surface area contributed by atoms with Crippen molar-refractivity contribution in [3.05, 3.63) is 109 Å². The van der Waals surface area contributed by atoms with E-state index in [9.17, 15) is 27.9 Å². The molecule has 232 valence electrons. The summed E-state index contributed by atoms with van der Waals surface area (Å²) in [6, 6.07) is 17.0. The number of alkyl halides is 3. The fraction of sp³-hybridized carbons (Fsp3) is 0.133. The van der Waals surface area contributed by atoms with Crippen molar-refractivity contribution in [2.75, 3.05) is 24.0 Å². The fourth-order valence-corrected chi connectivity index (χ4v) is 3.43. The van der Waals surface area contributed by atoms with E-state index in [2.05, 4.69) is 29.3 Å². The Balaban J connectivity index is 0.00000102. The third-order valence-electron chi connectivity index (χ3n) is 5.40. The lowest BCUT2D eigenvalue weighted by Gasteiger charge is -2.22. The molecular formula is C30H30F3N5O6. The minimum Gasteiger partial charge on any atom is -0.486 e. The van der Waals surface area contributed by atoms with Crippen LogP contribution in [-0.2, 0) is 9.59 Å². The number of ether oxygens (including phenoxy) is 2. The first-order valence-corrected chi connectivity index (χ1v) is 12.6. The van der Waals surface area contributed by atoms with Crippen LogP contribution in [0.4, 0.5) is 24.5 Å². The molecule has 1 amide bonds. The predicted molar refractivity (Wildman–Crippen MR) is 159 cm³/mol. The number of anilines is 2. The molecule has 11 nitrogen and oxygen atoms in total. The van der Waals surface area contributed by atoms with E-state index in [1.165, 1.54) is 6.07 Å². The van der Waals surface area contributed by atoms with Crippen molar-refractivity contribution in [2.24, 2.45) is 5.73 Å². The molecule has 44 heavy (non-hydrogen) atoms. The van der Waals surface area contributed by atoms with Crippen LogP contribution in [0.2, 0.25) is 0 Å². The Kier molecular flexibility index (Phi) is 13.0. The second kappa shape index (κ2) is 16.6. The van der Waals surface area contributed by atoms with Gasteiger partial charge < -0.3 is 25.6 Å². The number of carboxylic acid groups (broad SMARTS) is 1. The molecule has 14 heteroatoms. The van der Waals surface area contributed by atoms with Crippen LogP contribution in [0.5, 0.6) is 11.5 Å². The lowest BCUT2D eigenvalue weighted by Crippen LogP contribution is -2.37. The number of aromatic carboxylic acids is 1. The van der Waals surface area contributed by atoms with Gasteiger partial charge in [-0.3, -0.25) is 25.8 Å². The molecule has 0 saturated carbocycles. The molecule has 0 aliphatic carbocycles. The summed E-state index contributed by atoms with van der Waals surface area (Å²) in [5.74, 6) is -0.850.